The molecule has 0 bridgehead atoms. The Morgan fingerprint density at radius 1 is 1.50 bits per heavy atom. The highest BCUT2D eigenvalue weighted by molar-refractivity contribution is 5.30. The van der Waals surface area contributed by atoms with Gasteiger partial charge in [-0.15, -0.1) is 0 Å². The average Bonchev–Trinajstić information content (AvgIpc) is 2.31. The first-order valence-corrected chi connectivity index (χ1v) is 6.88. The highest BCUT2D eigenvalue weighted by Gasteiger charge is 2.54. The standard InChI is InChI=1S/C15H25NO2/c1-5-13(16-6-2)14(3)7-8-15(14,4)18-12-9-11(17)10-12/h6-8,11-13,16-17H,2,5,9-10H2,1,3-4H3/t11-,12+,13?,14-,15?/m1/s1. The quantitative estimate of drug-likeness (QED) is 0.712. The van der Waals surface area contributed by atoms with Crippen molar-refractivity contribution in [3.8, 4) is 0 Å². The molecule has 1 saturated carbocycles. The summed E-state index contributed by atoms with van der Waals surface area (Å²) in [5, 5.41) is 12.7. The molecular formula is C15H25NO2. The highest BCUT2D eigenvalue weighted by Crippen LogP contribution is 2.50. The molecule has 0 aromatic carbocycles. The molecular weight excluding hydrogens is 226 g/mol. The van der Waals surface area contributed by atoms with Gasteiger partial charge in [0.1, 0.15) is 0 Å². The summed E-state index contributed by atoms with van der Waals surface area (Å²) in [4.78, 5) is 0. The molecule has 2 aliphatic carbocycles. The van der Waals surface area contributed by atoms with Gasteiger partial charge >= 0.3 is 0 Å². The smallest absolute Gasteiger partial charge is 0.0945 e. The lowest BCUT2D eigenvalue weighted by molar-refractivity contribution is -0.177. The summed E-state index contributed by atoms with van der Waals surface area (Å²) in [6.07, 6.45) is 8.74. The molecule has 102 valence electrons. The zero-order valence-corrected chi connectivity index (χ0v) is 11.6. The average molecular weight is 251 g/mol. The Balaban J connectivity index is 2.04. The molecule has 1 fully saturated rings. The lowest BCUT2D eigenvalue weighted by Crippen LogP contribution is -2.61. The van der Waals surface area contributed by atoms with Gasteiger partial charge in [0, 0.05) is 11.5 Å². The summed E-state index contributed by atoms with van der Waals surface area (Å²) >= 11 is 0. The second-order valence-electron chi connectivity index (χ2n) is 5.92. The Bertz CT molecular complexity index is 348. The summed E-state index contributed by atoms with van der Waals surface area (Å²) in [5.74, 6) is 0. The summed E-state index contributed by atoms with van der Waals surface area (Å²) in [5.41, 5.74) is -0.259. The molecule has 3 nitrogen and oxygen atoms in total. The van der Waals surface area contributed by atoms with Crippen LogP contribution in [0.25, 0.3) is 0 Å². The van der Waals surface area contributed by atoms with E-state index in [2.05, 4.69) is 44.8 Å². The first kappa shape index (κ1) is 13.6. The van der Waals surface area contributed by atoms with Gasteiger partial charge in [-0.2, -0.15) is 0 Å². The second kappa shape index (κ2) is 4.71. The number of rotatable bonds is 6. The minimum atomic E-state index is -0.242. The number of aliphatic hydroxyl groups excluding tert-OH is 1. The summed E-state index contributed by atoms with van der Waals surface area (Å²) in [6.45, 7) is 10.3. The van der Waals surface area contributed by atoms with Gasteiger partial charge in [0.05, 0.1) is 17.8 Å². The van der Waals surface area contributed by atoms with E-state index in [1.54, 1.807) is 6.20 Å². The number of ether oxygens (including phenoxy) is 1. The van der Waals surface area contributed by atoms with E-state index in [4.69, 9.17) is 4.74 Å². The van der Waals surface area contributed by atoms with Crippen molar-refractivity contribution in [2.75, 3.05) is 0 Å². The Hall–Kier alpha value is -0.800. The first-order chi connectivity index (χ1) is 8.45. The summed E-state index contributed by atoms with van der Waals surface area (Å²) in [7, 11) is 0. The normalized spacial score (nSPS) is 43.8. The van der Waals surface area contributed by atoms with Crippen LogP contribution in [0.4, 0.5) is 0 Å². The Morgan fingerprint density at radius 3 is 2.56 bits per heavy atom. The molecule has 0 heterocycles. The van der Waals surface area contributed by atoms with Gasteiger partial charge < -0.3 is 15.2 Å². The van der Waals surface area contributed by atoms with Crippen molar-refractivity contribution >= 4 is 0 Å². The third-order valence-corrected chi connectivity index (χ3v) is 4.75. The number of hydrogen-bond acceptors (Lipinski definition) is 3. The van der Waals surface area contributed by atoms with Gasteiger partial charge in [0.2, 0.25) is 0 Å². The van der Waals surface area contributed by atoms with Gasteiger partial charge in [-0.25, -0.2) is 0 Å². The van der Waals surface area contributed by atoms with E-state index in [1.807, 2.05) is 0 Å². The van der Waals surface area contributed by atoms with Crippen LogP contribution in [0.5, 0.6) is 0 Å². The largest absolute Gasteiger partial charge is 0.393 e. The third kappa shape index (κ3) is 1.99. The van der Waals surface area contributed by atoms with Crippen LogP contribution in [0.15, 0.2) is 24.9 Å². The SMILES string of the molecule is C=CNC(CC)[C@@]1(C)C=CC1(C)O[C@H]1C[C@@H](O)C1. The fraction of sp³-hybridized carbons (Fsp3) is 0.733. The van der Waals surface area contributed by atoms with Gasteiger partial charge in [-0.3, -0.25) is 0 Å². The highest BCUT2D eigenvalue weighted by atomic mass is 16.5. The molecule has 3 heteroatoms. The van der Waals surface area contributed by atoms with E-state index < -0.39 is 0 Å². The van der Waals surface area contributed by atoms with Crippen molar-refractivity contribution in [2.24, 2.45) is 5.41 Å². The van der Waals surface area contributed by atoms with Gasteiger partial charge in [-0.05, 0) is 32.4 Å². The van der Waals surface area contributed by atoms with Crippen LogP contribution >= 0.6 is 0 Å². The lowest BCUT2D eigenvalue weighted by Gasteiger charge is -2.55. The van der Waals surface area contributed by atoms with E-state index in [1.165, 1.54) is 0 Å². The molecule has 2 unspecified atom stereocenters. The monoisotopic (exact) mass is 251 g/mol. The second-order valence-corrected chi connectivity index (χ2v) is 5.92. The molecule has 0 aliphatic heterocycles. The number of hydrogen-bond donors (Lipinski definition) is 2. The Kier molecular flexibility index (Phi) is 3.56. The minimum Gasteiger partial charge on any atom is -0.393 e. The van der Waals surface area contributed by atoms with Crippen LogP contribution in [0.1, 0.15) is 40.0 Å². The van der Waals surface area contributed by atoms with Crippen LogP contribution in [0.3, 0.4) is 0 Å². The van der Waals surface area contributed by atoms with Crippen molar-refractivity contribution in [3.05, 3.63) is 24.9 Å². The maximum absolute atomic E-state index is 9.35. The molecule has 2 rings (SSSR count). The van der Waals surface area contributed by atoms with Crippen molar-refractivity contribution in [1.82, 2.24) is 5.32 Å². The topological polar surface area (TPSA) is 41.5 Å². The molecule has 0 aromatic heterocycles. The minimum absolute atomic E-state index is 0.0174. The van der Waals surface area contributed by atoms with Crippen molar-refractivity contribution in [3.63, 3.8) is 0 Å². The predicted molar refractivity (Wildman–Crippen MR) is 73.2 cm³/mol. The van der Waals surface area contributed by atoms with Crippen LogP contribution in [-0.2, 0) is 4.74 Å². The molecule has 0 amide bonds. The van der Waals surface area contributed by atoms with Gasteiger partial charge in [-0.1, -0.05) is 32.6 Å². The molecule has 2 aliphatic rings. The van der Waals surface area contributed by atoms with Crippen molar-refractivity contribution in [1.29, 1.82) is 0 Å². The molecule has 0 spiro atoms. The molecule has 18 heavy (non-hydrogen) atoms. The van der Waals surface area contributed by atoms with Crippen LogP contribution in [0.2, 0.25) is 0 Å². The zero-order chi connectivity index (χ0) is 13.4. The van der Waals surface area contributed by atoms with Crippen LogP contribution in [-0.4, -0.2) is 29.0 Å². The van der Waals surface area contributed by atoms with E-state index in [0.29, 0.717) is 6.04 Å². The van der Waals surface area contributed by atoms with E-state index in [9.17, 15) is 5.11 Å². The van der Waals surface area contributed by atoms with E-state index >= 15 is 0 Å². The fourth-order valence-corrected chi connectivity index (χ4v) is 3.05. The molecule has 0 saturated heterocycles. The summed E-state index contributed by atoms with van der Waals surface area (Å²) in [6, 6.07) is 0.329. The number of aliphatic hydroxyl groups is 1. The van der Waals surface area contributed by atoms with Gasteiger partial charge in [0.25, 0.3) is 0 Å². The molecule has 2 N–H and O–H groups in total. The lowest BCUT2D eigenvalue weighted by atomic mass is 9.60. The first-order valence-electron chi connectivity index (χ1n) is 6.88. The summed E-state index contributed by atoms with van der Waals surface area (Å²) < 4.78 is 6.20. The van der Waals surface area contributed by atoms with Crippen molar-refractivity contribution in [2.45, 2.75) is 63.9 Å². The molecule has 0 aromatic rings. The third-order valence-electron chi connectivity index (χ3n) is 4.75. The van der Waals surface area contributed by atoms with Crippen molar-refractivity contribution < 1.29 is 9.84 Å². The van der Waals surface area contributed by atoms with E-state index in [-0.39, 0.29) is 23.2 Å². The fourth-order valence-electron chi connectivity index (χ4n) is 3.05. The maximum Gasteiger partial charge on any atom is 0.0945 e. The molecule has 3 atom stereocenters. The van der Waals surface area contributed by atoms with Crippen LogP contribution in [0, 0.1) is 5.41 Å². The zero-order valence-electron chi connectivity index (χ0n) is 11.6. The van der Waals surface area contributed by atoms with Crippen LogP contribution < -0.4 is 5.32 Å². The Labute approximate surface area is 110 Å². The predicted octanol–water partition coefficient (Wildman–Crippen LogP) is 2.37. The van der Waals surface area contributed by atoms with E-state index in [0.717, 1.165) is 19.3 Å². The van der Waals surface area contributed by atoms with Gasteiger partial charge in [0.15, 0.2) is 0 Å². The maximum atomic E-state index is 9.35. The number of nitrogens with one attached hydrogen (secondary N) is 1. The Morgan fingerprint density at radius 2 is 2.17 bits per heavy atom. The molecule has 0 radical (unpaired) electrons.